The second-order valence-electron chi connectivity index (χ2n) is 7.40. The van der Waals surface area contributed by atoms with Gasteiger partial charge in [-0.1, -0.05) is 35.1 Å². The summed E-state index contributed by atoms with van der Waals surface area (Å²) in [5.41, 5.74) is 0. The van der Waals surface area contributed by atoms with Gasteiger partial charge in [-0.3, -0.25) is 0 Å². The largest absolute Gasteiger partial charge is 0.381 e. The molecular weight excluding hydrogens is 400 g/mol. The van der Waals surface area contributed by atoms with Crippen molar-refractivity contribution in [2.24, 2.45) is 10.3 Å². The van der Waals surface area contributed by atoms with Crippen LogP contribution >= 0.6 is 0 Å². The number of nitrogens with two attached hydrogens (primary N) is 2. The van der Waals surface area contributed by atoms with E-state index in [-0.39, 0.29) is 7.43 Å². The predicted octanol–water partition coefficient (Wildman–Crippen LogP) is 3.67. The molecule has 9 heteroatoms. The van der Waals surface area contributed by atoms with Crippen LogP contribution in [0.2, 0.25) is 0 Å². The number of hydrogen-bond acceptors (Lipinski definition) is 5. The van der Waals surface area contributed by atoms with Crippen LogP contribution in [0.3, 0.4) is 0 Å². The highest BCUT2D eigenvalue weighted by atomic mass is 32.2. The summed E-state index contributed by atoms with van der Waals surface area (Å²) in [5, 5.41) is 10.8. The Morgan fingerprint density at radius 2 is 0.929 bits per heavy atom. The number of sulfonamides is 2. The molecule has 0 heterocycles. The van der Waals surface area contributed by atoms with Crippen LogP contribution in [0.1, 0.15) is 99.3 Å². The topological polar surface area (TPSA) is 130 Å². The van der Waals surface area contributed by atoms with Gasteiger partial charge in [-0.25, -0.2) is 27.1 Å². The van der Waals surface area contributed by atoms with E-state index in [0.717, 1.165) is 25.7 Å². The van der Waals surface area contributed by atoms with E-state index in [0.29, 0.717) is 51.7 Å². The average Bonchev–Trinajstić information content (AvgIpc) is 2.58. The van der Waals surface area contributed by atoms with Gasteiger partial charge in [-0.05, 0) is 64.2 Å². The summed E-state index contributed by atoms with van der Waals surface area (Å²) in [6.07, 6.45) is 6.22. The lowest BCUT2D eigenvalue weighted by Crippen LogP contribution is -2.42. The average molecular weight is 445 g/mol. The van der Waals surface area contributed by atoms with Gasteiger partial charge in [-0.2, -0.15) is 0 Å². The number of ether oxygens (including phenoxy) is 1. The standard InChI is InChI=1S/C18H40N2O5S2.CH4/c1-5-17(6-2,26(19,21)22)13-9-11-15-25-16-12-10-14-18(7-3,8-4)27(20,23)24;/h5-16H2,1-4H3,(H2,19,21,22)(H2,20,23,24);1H4. The summed E-state index contributed by atoms with van der Waals surface area (Å²) in [6.45, 7) is 8.57. The van der Waals surface area contributed by atoms with Crippen LogP contribution in [0.4, 0.5) is 0 Å². The molecule has 0 saturated carbocycles. The van der Waals surface area contributed by atoms with Gasteiger partial charge in [0.15, 0.2) is 0 Å². The van der Waals surface area contributed by atoms with Gasteiger partial charge in [0, 0.05) is 13.2 Å². The monoisotopic (exact) mass is 444 g/mol. The molecule has 7 nitrogen and oxygen atoms in total. The summed E-state index contributed by atoms with van der Waals surface area (Å²) in [5.74, 6) is 0. The van der Waals surface area contributed by atoms with Crippen molar-refractivity contribution in [1.82, 2.24) is 0 Å². The fraction of sp³-hybridized carbons (Fsp3) is 1.00. The molecule has 0 spiro atoms. The number of primary sulfonamides is 2. The normalized spacial score (nSPS) is 13.4. The van der Waals surface area contributed by atoms with Crippen LogP contribution in [0.25, 0.3) is 0 Å². The van der Waals surface area contributed by atoms with Crippen molar-refractivity contribution in [3.8, 4) is 0 Å². The van der Waals surface area contributed by atoms with E-state index in [9.17, 15) is 16.8 Å². The number of hydrogen-bond donors (Lipinski definition) is 2. The second kappa shape index (κ2) is 13.2. The van der Waals surface area contributed by atoms with Crippen molar-refractivity contribution >= 4 is 20.0 Å². The van der Waals surface area contributed by atoms with Gasteiger partial charge in [0.1, 0.15) is 0 Å². The Morgan fingerprint density at radius 3 is 1.14 bits per heavy atom. The van der Waals surface area contributed by atoms with E-state index in [4.69, 9.17) is 15.0 Å². The van der Waals surface area contributed by atoms with E-state index in [2.05, 4.69) is 0 Å². The van der Waals surface area contributed by atoms with E-state index in [1.54, 1.807) is 0 Å². The molecule has 0 saturated heterocycles. The van der Waals surface area contributed by atoms with Crippen molar-refractivity contribution in [2.75, 3.05) is 13.2 Å². The van der Waals surface area contributed by atoms with E-state index < -0.39 is 29.5 Å². The maximum absolute atomic E-state index is 11.8. The van der Waals surface area contributed by atoms with Crippen molar-refractivity contribution in [1.29, 1.82) is 0 Å². The maximum atomic E-state index is 11.8. The summed E-state index contributed by atoms with van der Waals surface area (Å²) in [4.78, 5) is 0. The molecular formula is C19H44N2O5S2. The third kappa shape index (κ3) is 8.26. The Kier molecular flexibility index (Phi) is 14.1. The van der Waals surface area contributed by atoms with E-state index in [1.807, 2.05) is 27.7 Å². The molecule has 4 N–H and O–H groups in total. The molecule has 0 atom stereocenters. The third-order valence-corrected chi connectivity index (χ3v) is 10.1. The lowest BCUT2D eigenvalue weighted by molar-refractivity contribution is 0.124. The molecule has 0 amide bonds. The van der Waals surface area contributed by atoms with Gasteiger partial charge in [0.25, 0.3) is 0 Å². The van der Waals surface area contributed by atoms with Crippen LogP contribution in [-0.4, -0.2) is 39.5 Å². The Hall–Kier alpha value is -0.220. The highest BCUT2D eigenvalue weighted by Crippen LogP contribution is 2.30. The van der Waals surface area contributed by atoms with Crippen LogP contribution in [0.5, 0.6) is 0 Å². The summed E-state index contributed by atoms with van der Waals surface area (Å²) < 4.78 is 51.3. The highest BCUT2D eigenvalue weighted by molar-refractivity contribution is 7.90. The summed E-state index contributed by atoms with van der Waals surface area (Å²) in [7, 11) is -7.13. The fourth-order valence-electron chi connectivity index (χ4n) is 3.70. The lowest BCUT2D eigenvalue weighted by Gasteiger charge is -2.29. The van der Waals surface area contributed by atoms with Crippen LogP contribution in [0.15, 0.2) is 0 Å². The smallest absolute Gasteiger partial charge is 0.214 e. The zero-order valence-electron chi connectivity index (χ0n) is 17.5. The van der Waals surface area contributed by atoms with Crippen molar-refractivity contribution < 1.29 is 21.6 Å². The molecule has 0 aromatic rings. The Morgan fingerprint density at radius 1 is 0.643 bits per heavy atom. The van der Waals surface area contributed by atoms with Crippen molar-refractivity contribution in [3.05, 3.63) is 0 Å². The first-order valence-electron chi connectivity index (χ1n) is 10.1. The van der Waals surface area contributed by atoms with Crippen LogP contribution in [0, 0.1) is 0 Å². The molecule has 0 fully saturated rings. The molecule has 172 valence electrons. The first-order chi connectivity index (χ1) is 12.4. The van der Waals surface area contributed by atoms with Crippen LogP contribution < -0.4 is 10.3 Å². The molecule has 0 bridgehead atoms. The lowest BCUT2D eigenvalue weighted by atomic mass is 9.95. The minimum atomic E-state index is -3.56. The highest BCUT2D eigenvalue weighted by Gasteiger charge is 2.38. The molecule has 0 rings (SSSR count). The molecule has 28 heavy (non-hydrogen) atoms. The zero-order valence-corrected chi connectivity index (χ0v) is 19.1. The van der Waals surface area contributed by atoms with Crippen LogP contribution in [-0.2, 0) is 24.8 Å². The molecule has 0 unspecified atom stereocenters. The predicted molar refractivity (Wildman–Crippen MR) is 118 cm³/mol. The minimum Gasteiger partial charge on any atom is -0.381 e. The van der Waals surface area contributed by atoms with Gasteiger partial charge < -0.3 is 4.74 Å². The second-order valence-corrected chi connectivity index (χ2v) is 11.3. The Balaban J connectivity index is 0. The van der Waals surface area contributed by atoms with E-state index in [1.165, 1.54) is 0 Å². The fourth-order valence-corrected chi connectivity index (χ4v) is 6.17. The Bertz CT molecular complexity index is 556. The summed E-state index contributed by atoms with van der Waals surface area (Å²) in [6, 6.07) is 0. The van der Waals surface area contributed by atoms with Gasteiger partial charge >= 0.3 is 0 Å². The molecule has 0 aliphatic carbocycles. The molecule has 0 aromatic heterocycles. The molecule has 0 aliphatic rings. The summed E-state index contributed by atoms with van der Waals surface area (Å²) >= 11 is 0. The molecule has 0 aromatic carbocycles. The van der Waals surface area contributed by atoms with Gasteiger partial charge in [0.05, 0.1) is 9.49 Å². The first-order valence-corrected chi connectivity index (χ1v) is 13.2. The Labute approximate surface area is 174 Å². The minimum absolute atomic E-state index is 0. The number of unbranched alkanes of at least 4 members (excludes halogenated alkanes) is 2. The SMILES string of the molecule is C.CCC(CC)(CCCCOCCCCC(CC)(CC)S(N)(=O)=O)S(N)(=O)=O. The maximum Gasteiger partial charge on any atom is 0.214 e. The van der Waals surface area contributed by atoms with Crippen molar-refractivity contribution in [3.63, 3.8) is 0 Å². The van der Waals surface area contributed by atoms with Crippen molar-refractivity contribution in [2.45, 2.75) is 109 Å². The van der Waals surface area contributed by atoms with E-state index >= 15 is 0 Å². The zero-order chi connectivity index (χ0) is 21.2. The molecule has 0 radical (unpaired) electrons. The van der Waals surface area contributed by atoms with Gasteiger partial charge in [-0.15, -0.1) is 0 Å². The quantitative estimate of drug-likeness (QED) is 0.351. The number of rotatable bonds is 16. The molecule has 0 aliphatic heterocycles. The van der Waals surface area contributed by atoms with Gasteiger partial charge in [0.2, 0.25) is 20.0 Å². The first kappa shape index (κ1) is 30.0. The third-order valence-electron chi connectivity index (χ3n) is 6.13.